The molecular formula is C10H19F3N2O. The Bertz CT molecular complexity index is 239. The highest BCUT2D eigenvalue weighted by molar-refractivity contribution is 5.82. The summed E-state index contributed by atoms with van der Waals surface area (Å²) in [4.78, 5) is 12.5. The molecule has 96 valence electrons. The van der Waals surface area contributed by atoms with Crippen molar-refractivity contribution < 1.29 is 18.0 Å². The van der Waals surface area contributed by atoms with E-state index in [1.54, 1.807) is 13.8 Å². The maximum Gasteiger partial charge on any atom is 0.406 e. The molecule has 0 spiro atoms. The van der Waals surface area contributed by atoms with Gasteiger partial charge in [0.05, 0.1) is 6.04 Å². The number of halogens is 3. The lowest BCUT2D eigenvalue weighted by molar-refractivity contribution is -0.165. The average molecular weight is 240 g/mol. The molecule has 2 N–H and O–H groups in total. The SMILES string of the molecule is CC(C)[C@H](N)C(=O)N(CC(F)(F)F)C(C)C. The van der Waals surface area contributed by atoms with Crippen molar-refractivity contribution in [3.63, 3.8) is 0 Å². The molecule has 16 heavy (non-hydrogen) atoms. The Kier molecular flexibility index (Phi) is 5.25. The molecule has 0 saturated heterocycles. The Balaban J connectivity index is 4.73. The van der Waals surface area contributed by atoms with Gasteiger partial charge in [0.25, 0.3) is 0 Å². The van der Waals surface area contributed by atoms with E-state index in [9.17, 15) is 18.0 Å². The Labute approximate surface area is 93.8 Å². The van der Waals surface area contributed by atoms with Crippen LogP contribution in [0.15, 0.2) is 0 Å². The molecule has 0 unspecified atom stereocenters. The van der Waals surface area contributed by atoms with Crippen LogP contribution < -0.4 is 5.73 Å². The van der Waals surface area contributed by atoms with E-state index in [1.165, 1.54) is 13.8 Å². The quantitative estimate of drug-likeness (QED) is 0.814. The van der Waals surface area contributed by atoms with Crippen LogP contribution >= 0.6 is 0 Å². The smallest absolute Gasteiger partial charge is 0.330 e. The number of alkyl halides is 3. The van der Waals surface area contributed by atoms with Crippen molar-refractivity contribution in [1.82, 2.24) is 4.90 Å². The summed E-state index contributed by atoms with van der Waals surface area (Å²) in [6.45, 7) is 5.24. The molecule has 0 saturated carbocycles. The van der Waals surface area contributed by atoms with Crippen LogP contribution in [0.4, 0.5) is 13.2 Å². The second kappa shape index (κ2) is 5.52. The number of carbonyl (C=O) groups is 1. The molecular weight excluding hydrogens is 221 g/mol. The Morgan fingerprint density at radius 1 is 1.25 bits per heavy atom. The summed E-state index contributed by atoms with van der Waals surface area (Å²) in [6, 6.07) is -1.40. The highest BCUT2D eigenvalue weighted by atomic mass is 19.4. The first kappa shape index (κ1) is 15.2. The maximum atomic E-state index is 12.3. The lowest BCUT2D eigenvalue weighted by atomic mass is 10.0. The normalized spacial score (nSPS) is 14.4. The second-order valence-corrected chi connectivity index (χ2v) is 4.44. The topological polar surface area (TPSA) is 46.3 Å². The summed E-state index contributed by atoms with van der Waals surface area (Å²) in [7, 11) is 0. The third-order valence-corrected chi connectivity index (χ3v) is 2.26. The summed E-state index contributed by atoms with van der Waals surface area (Å²) in [5.74, 6) is -0.829. The number of rotatable bonds is 4. The van der Waals surface area contributed by atoms with Gasteiger partial charge in [-0.25, -0.2) is 0 Å². The molecule has 0 radical (unpaired) electrons. The summed E-state index contributed by atoms with van der Waals surface area (Å²) in [5, 5.41) is 0. The average Bonchev–Trinajstić information content (AvgIpc) is 2.09. The third kappa shape index (κ3) is 4.83. The minimum absolute atomic E-state index is 0.179. The number of amides is 1. The van der Waals surface area contributed by atoms with Gasteiger partial charge in [0.2, 0.25) is 5.91 Å². The van der Waals surface area contributed by atoms with Gasteiger partial charge in [-0.15, -0.1) is 0 Å². The van der Waals surface area contributed by atoms with Gasteiger partial charge in [0, 0.05) is 6.04 Å². The molecule has 0 aliphatic rings. The predicted molar refractivity (Wildman–Crippen MR) is 55.7 cm³/mol. The van der Waals surface area contributed by atoms with Gasteiger partial charge < -0.3 is 10.6 Å². The molecule has 0 aliphatic carbocycles. The van der Waals surface area contributed by atoms with E-state index in [0.29, 0.717) is 0 Å². The molecule has 0 aromatic carbocycles. The Morgan fingerprint density at radius 3 is 1.94 bits per heavy atom. The largest absolute Gasteiger partial charge is 0.406 e. The van der Waals surface area contributed by atoms with Crippen molar-refractivity contribution in [2.45, 2.75) is 46.0 Å². The predicted octanol–water partition coefficient (Wildman–Crippen LogP) is 1.77. The van der Waals surface area contributed by atoms with E-state index in [1.807, 2.05) is 0 Å². The fourth-order valence-electron chi connectivity index (χ4n) is 1.18. The number of nitrogens with zero attached hydrogens (tertiary/aromatic N) is 1. The molecule has 0 rings (SSSR count). The van der Waals surface area contributed by atoms with Gasteiger partial charge in [0.1, 0.15) is 6.54 Å². The first-order valence-corrected chi connectivity index (χ1v) is 5.19. The van der Waals surface area contributed by atoms with Crippen LogP contribution in [0.1, 0.15) is 27.7 Å². The molecule has 0 aliphatic heterocycles. The molecule has 1 atom stereocenters. The second-order valence-electron chi connectivity index (χ2n) is 4.44. The molecule has 0 fully saturated rings. The van der Waals surface area contributed by atoms with Crippen molar-refractivity contribution in [3.05, 3.63) is 0 Å². The van der Waals surface area contributed by atoms with Gasteiger partial charge >= 0.3 is 6.18 Å². The van der Waals surface area contributed by atoms with Crippen LogP contribution in [0.5, 0.6) is 0 Å². The highest BCUT2D eigenvalue weighted by Gasteiger charge is 2.36. The van der Waals surface area contributed by atoms with E-state index in [2.05, 4.69) is 0 Å². The van der Waals surface area contributed by atoms with Gasteiger partial charge in [-0.3, -0.25) is 4.79 Å². The number of nitrogens with two attached hydrogens (primary N) is 1. The van der Waals surface area contributed by atoms with Gasteiger partial charge in [-0.2, -0.15) is 13.2 Å². The van der Waals surface area contributed by atoms with Crippen LogP contribution in [0.3, 0.4) is 0 Å². The van der Waals surface area contributed by atoms with Gasteiger partial charge in [-0.1, -0.05) is 13.8 Å². The van der Waals surface area contributed by atoms with Crippen LogP contribution in [0, 0.1) is 5.92 Å². The summed E-state index contributed by atoms with van der Waals surface area (Å²) >= 11 is 0. The minimum Gasteiger partial charge on any atom is -0.330 e. The Morgan fingerprint density at radius 2 is 1.69 bits per heavy atom. The number of hydrogen-bond acceptors (Lipinski definition) is 2. The summed E-state index contributed by atoms with van der Waals surface area (Å²) < 4.78 is 36.8. The minimum atomic E-state index is -4.39. The van der Waals surface area contributed by atoms with Crippen molar-refractivity contribution in [2.75, 3.05) is 6.54 Å². The van der Waals surface area contributed by atoms with E-state index in [-0.39, 0.29) is 5.92 Å². The monoisotopic (exact) mass is 240 g/mol. The fourth-order valence-corrected chi connectivity index (χ4v) is 1.18. The van der Waals surface area contributed by atoms with Crippen molar-refractivity contribution in [2.24, 2.45) is 11.7 Å². The van der Waals surface area contributed by atoms with E-state index in [4.69, 9.17) is 5.73 Å². The summed E-state index contributed by atoms with van der Waals surface area (Å²) in [5.41, 5.74) is 5.56. The molecule has 3 nitrogen and oxygen atoms in total. The van der Waals surface area contributed by atoms with Crippen molar-refractivity contribution in [3.8, 4) is 0 Å². The molecule has 0 aromatic rings. The van der Waals surface area contributed by atoms with Gasteiger partial charge in [0.15, 0.2) is 0 Å². The zero-order valence-corrected chi connectivity index (χ0v) is 10.0. The lowest BCUT2D eigenvalue weighted by Gasteiger charge is -2.31. The lowest BCUT2D eigenvalue weighted by Crippen LogP contribution is -2.52. The van der Waals surface area contributed by atoms with Crippen molar-refractivity contribution in [1.29, 1.82) is 0 Å². The zero-order chi connectivity index (χ0) is 13.1. The van der Waals surface area contributed by atoms with Crippen LogP contribution in [0.25, 0.3) is 0 Å². The van der Waals surface area contributed by atoms with Crippen LogP contribution in [-0.4, -0.2) is 35.6 Å². The molecule has 6 heteroatoms. The van der Waals surface area contributed by atoms with Crippen LogP contribution in [0.2, 0.25) is 0 Å². The number of hydrogen-bond donors (Lipinski definition) is 1. The van der Waals surface area contributed by atoms with Crippen molar-refractivity contribution >= 4 is 5.91 Å². The molecule has 1 amide bonds. The molecule has 0 bridgehead atoms. The maximum absolute atomic E-state index is 12.3. The third-order valence-electron chi connectivity index (χ3n) is 2.26. The van der Waals surface area contributed by atoms with E-state index >= 15 is 0 Å². The zero-order valence-electron chi connectivity index (χ0n) is 10.0. The highest BCUT2D eigenvalue weighted by Crippen LogP contribution is 2.19. The van der Waals surface area contributed by atoms with Crippen LogP contribution in [-0.2, 0) is 4.79 Å². The van der Waals surface area contributed by atoms with E-state index in [0.717, 1.165) is 4.90 Å². The number of carbonyl (C=O) groups excluding carboxylic acids is 1. The molecule has 0 aromatic heterocycles. The standard InChI is InChI=1S/C10H19F3N2O/c1-6(2)8(14)9(16)15(7(3)4)5-10(11,12)13/h6-8H,5,14H2,1-4H3/t8-/m0/s1. The Hall–Kier alpha value is -0.780. The van der Waals surface area contributed by atoms with E-state index < -0.39 is 30.7 Å². The fraction of sp³-hybridized carbons (Fsp3) is 0.900. The van der Waals surface area contributed by atoms with Gasteiger partial charge in [-0.05, 0) is 19.8 Å². The first-order valence-electron chi connectivity index (χ1n) is 5.19. The first-order chi connectivity index (χ1) is 7.06. The molecule has 0 heterocycles. The summed E-state index contributed by atoms with van der Waals surface area (Å²) in [6.07, 6.45) is -4.39.